The van der Waals surface area contributed by atoms with E-state index in [0.717, 1.165) is 126 Å². The van der Waals surface area contributed by atoms with E-state index < -0.39 is 29.7 Å². The summed E-state index contributed by atoms with van der Waals surface area (Å²) in [5, 5.41) is 34.1. The molecular formula is C46H46N12O5S. The summed E-state index contributed by atoms with van der Waals surface area (Å²) in [4.78, 5) is 74.6. The van der Waals surface area contributed by atoms with Crippen LogP contribution in [0.4, 0.5) is 11.4 Å². The summed E-state index contributed by atoms with van der Waals surface area (Å²) < 4.78 is 1.78. The number of nitrogens with one attached hydrogen (secondary N) is 3. The quantitative estimate of drug-likeness (QED) is 0.177. The molecule has 6 fully saturated rings. The SMILES string of the molecule is CNc1cc(-c2ccc3cc(C#N)cnn23)ncc1-c1nnc(C23CCC(NC(=O)CN4CCC5(CC4)CN(c4ccc6c(c4)C(=O)N(C4CCC(=O)NC4=O)C6=O)C5)(CC2)CC3)s1. The van der Waals surface area contributed by atoms with Gasteiger partial charge in [0.25, 0.3) is 11.8 Å². The van der Waals surface area contributed by atoms with Crippen LogP contribution in [0.1, 0.15) is 95.5 Å². The standard InChI is InChI=1S/C46H46N12O5S/c1-48-33-20-34(35-5-3-29-18-27(21-47)22-50-58(29)35)49-23-32(33)40-53-54-43(64-40)45-8-11-46(12-9-45,13-10-45)52-38(60)24-55-16-14-44(15-17-55)25-56(26-44)28-2-4-30-31(19-28)42(63)57(41(30)62)36-6-7-37(59)51-39(36)61/h2-5,18-20,22-23,36H,6-17,24-26H2,1H3,(H,48,49)(H,52,60)(H,51,59,61). The summed E-state index contributed by atoms with van der Waals surface area (Å²) in [6, 6.07) is 14.1. The first kappa shape index (κ1) is 40.2. The molecule has 1 atom stereocenters. The van der Waals surface area contributed by atoms with Gasteiger partial charge in [0.2, 0.25) is 17.7 Å². The Balaban J connectivity index is 0.668. The van der Waals surface area contributed by atoms with Crippen molar-refractivity contribution >= 4 is 57.8 Å². The lowest BCUT2D eigenvalue weighted by atomic mass is 9.57. The van der Waals surface area contributed by atoms with Gasteiger partial charge in [-0.15, -0.1) is 10.2 Å². The summed E-state index contributed by atoms with van der Waals surface area (Å²) in [7, 11) is 1.88. The largest absolute Gasteiger partial charge is 0.387 e. The second-order valence-corrected chi connectivity index (χ2v) is 19.6. The van der Waals surface area contributed by atoms with Crippen molar-refractivity contribution < 1.29 is 24.0 Å². The van der Waals surface area contributed by atoms with Crippen LogP contribution < -0.4 is 20.9 Å². The average Bonchev–Trinajstić information content (AvgIpc) is 4.03. The van der Waals surface area contributed by atoms with Gasteiger partial charge in [0.15, 0.2) is 5.01 Å². The maximum atomic E-state index is 13.6. The van der Waals surface area contributed by atoms with Gasteiger partial charge in [-0.25, -0.2) is 4.52 Å². The number of benzene rings is 1. The first-order valence-corrected chi connectivity index (χ1v) is 22.8. The number of rotatable bonds is 9. The van der Waals surface area contributed by atoms with Crippen LogP contribution in [0.25, 0.3) is 27.5 Å². The number of amides is 5. The summed E-state index contributed by atoms with van der Waals surface area (Å²) in [5.74, 6) is -1.92. The van der Waals surface area contributed by atoms with Crippen molar-refractivity contribution in [2.45, 2.75) is 81.2 Å². The Kier molecular flexibility index (Phi) is 9.44. The predicted octanol–water partition coefficient (Wildman–Crippen LogP) is 4.29. The molecule has 3 aliphatic carbocycles. The zero-order valence-electron chi connectivity index (χ0n) is 35.4. The molecule has 5 aromatic rings. The van der Waals surface area contributed by atoms with Crippen molar-refractivity contribution in [3.63, 3.8) is 0 Å². The molecule has 1 aromatic carbocycles. The number of nitrogens with zero attached hydrogens (tertiary/aromatic N) is 9. The van der Waals surface area contributed by atoms with Crippen LogP contribution in [-0.2, 0) is 19.8 Å². The van der Waals surface area contributed by atoms with E-state index in [-0.39, 0.29) is 40.7 Å². The van der Waals surface area contributed by atoms with Crippen LogP contribution >= 0.6 is 11.3 Å². The number of hydrogen-bond acceptors (Lipinski definition) is 14. The molecule has 3 saturated heterocycles. The maximum absolute atomic E-state index is 13.6. The predicted molar refractivity (Wildman–Crippen MR) is 235 cm³/mol. The third-order valence-electron chi connectivity index (χ3n) is 15.0. The van der Waals surface area contributed by atoms with Crippen LogP contribution in [0.3, 0.4) is 0 Å². The molecule has 4 aromatic heterocycles. The highest BCUT2D eigenvalue weighted by Gasteiger charge is 2.52. The van der Waals surface area contributed by atoms with Gasteiger partial charge < -0.3 is 15.5 Å². The molecule has 3 saturated carbocycles. The lowest BCUT2D eigenvalue weighted by Gasteiger charge is -2.55. The Morgan fingerprint density at radius 1 is 0.906 bits per heavy atom. The average molecular weight is 879 g/mol. The van der Waals surface area contributed by atoms with Gasteiger partial charge >= 0.3 is 0 Å². The first-order chi connectivity index (χ1) is 31.0. The normalized spacial score (nSPS) is 25.0. The monoisotopic (exact) mass is 878 g/mol. The highest BCUT2D eigenvalue weighted by molar-refractivity contribution is 7.14. The van der Waals surface area contributed by atoms with Crippen LogP contribution in [0.5, 0.6) is 0 Å². The maximum Gasteiger partial charge on any atom is 0.262 e. The summed E-state index contributed by atoms with van der Waals surface area (Å²) >= 11 is 1.64. The zero-order chi connectivity index (χ0) is 44.0. The molecule has 7 aliphatic rings. The van der Waals surface area contributed by atoms with Crippen molar-refractivity contribution in [2.75, 3.05) is 50.0 Å². The van der Waals surface area contributed by atoms with Gasteiger partial charge in [-0.3, -0.25) is 44.1 Å². The number of aromatic nitrogens is 5. The van der Waals surface area contributed by atoms with Crippen LogP contribution in [0, 0.1) is 16.7 Å². The third-order valence-corrected chi connectivity index (χ3v) is 16.2. The molecule has 0 radical (unpaired) electrons. The van der Waals surface area contributed by atoms with Gasteiger partial charge in [0, 0.05) is 60.5 Å². The van der Waals surface area contributed by atoms with Crippen molar-refractivity contribution in [1.29, 1.82) is 5.26 Å². The summed E-state index contributed by atoms with van der Waals surface area (Å²) in [6.45, 7) is 3.74. The van der Waals surface area contributed by atoms with Crippen LogP contribution in [0.2, 0.25) is 0 Å². The molecule has 3 N–H and O–H groups in total. The van der Waals surface area contributed by atoms with E-state index in [1.54, 1.807) is 40.2 Å². The summed E-state index contributed by atoms with van der Waals surface area (Å²) in [5.41, 5.74) is 6.02. The number of fused-ring (bicyclic) bond motifs is 5. The second kappa shape index (κ2) is 15.0. The summed E-state index contributed by atoms with van der Waals surface area (Å²) in [6.07, 6.45) is 11.2. The molecular weight excluding hydrogens is 833 g/mol. The van der Waals surface area contributed by atoms with Crippen molar-refractivity contribution in [2.24, 2.45) is 5.41 Å². The minimum atomic E-state index is -0.985. The molecule has 2 bridgehead atoms. The van der Waals surface area contributed by atoms with E-state index >= 15 is 0 Å². The molecule has 64 heavy (non-hydrogen) atoms. The number of carbonyl (C=O) groups excluding carboxylic acids is 5. The van der Waals surface area contributed by atoms with Gasteiger partial charge in [0.05, 0.1) is 51.9 Å². The third kappa shape index (κ3) is 6.62. The smallest absolute Gasteiger partial charge is 0.262 e. The lowest BCUT2D eigenvalue weighted by Crippen LogP contribution is -2.62. The van der Waals surface area contributed by atoms with Crippen molar-refractivity contribution in [3.05, 3.63) is 76.6 Å². The highest BCUT2D eigenvalue weighted by Crippen LogP contribution is 2.55. The highest BCUT2D eigenvalue weighted by atomic mass is 32.1. The van der Waals surface area contributed by atoms with E-state index in [2.05, 4.69) is 42.0 Å². The van der Waals surface area contributed by atoms with E-state index in [1.165, 1.54) is 0 Å². The van der Waals surface area contributed by atoms with Crippen molar-refractivity contribution in [1.82, 2.24) is 45.2 Å². The number of anilines is 2. The van der Waals surface area contributed by atoms with E-state index in [9.17, 15) is 29.2 Å². The Labute approximate surface area is 372 Å². The number of nitriles is 1. The molecule has 18 heteroatoms. The zero-order valence-corrected chi connectivity index (χ0v) is 36.2. The number of hydrogen-bond donors (Lipinski definition) is 3. The number of carbonyl (C=O) groups is 5. The van der Waals surface area contributed by atoms with E-state index in [4.69, 9.17) is 10.1 Å². The van der Waals surface area contributed by atoms with Gasteiger partial charge in [-0.05, 0) is 113 Å². The lowest BCUT2D eigenvalue weighted by molar-refractivity contribution is -0.136. The number of imide groups is 2. The molecule has 4 aliphatic heterocycles. The fourth-order valence-electron chi connectivity index (χ4n) is 11.1. The first-order valence-electron chi connectivity index (χ1n) is 22.0. The minimum absolute atomic E-state index is 0.0465. The molecule has 8 heterocycles. The van der Waals surface area contributed by atoms with Crippen LogP contribution in [-0.4, -0.2) is 115 Å². The van der Waals surface area contributed by atoms with Crippen molar-refractivity contribution in [3.8, 4) is 28.0 Å². The fraction of sp³-hybridized carbons (Fsp3) is 0.435. The van der Waals surface area contributed by atoms with E-state index in [0.29, 0.717) is 17.7 Å². The van der Waals surface area contributed by atoms with E-state index in [1.807, 2.05) is 37.5 Å². The van der Waals surface area contributed by atoms with Gasteiger partial charge in [0.1, 0.15) is 17.1 Å². The Morgan fingerprint density at radius 2 is 1.67 bits per heavy atom. The Morgan fingerprint density at radius 3 is 2.41 bits per heavy atom. The Hall–Kier alpha value is -6.58. The van der Waals surface area contributed by atoms with Crippen LogP contribution in [0.15, 0.2) is 54.9 Å². The van der Waals surface area contributed by atoms with Gasteiger partial charge in [-0.2, -0.15) is 10.4 Å². The minimum Gasteiger partial charge on any atom is -0.387 e. The fourth-order valence-corrected chi connectivity index (χ4v) is 12.3. The number of pyridine rings is 1. The topological polar surface area (TPSA) is 211 Å². The molecule has 17 nitrogen and oxygen atoms in total. The molecule has 326 valence electrons. The Bertz CT molecular complexity index is 2820. The molecule has 5 amide bonds. The van der Waals surface area contributed by atoms with Gasteiger partial charge in [-0.1, -0.05) is 11.3 Å². The number of piperidine rings is 2. The molecule has 1 unspecified atom stereocenters. The molecule has 1 spiro atoms. The number of likely N-dealkylation sites (tertiary alicyclic amines) is 1. The second-order valence-electron chi connectivity index (χ2n) is 18.6. The molecule has 12 rings (SSSR count).